The normalized spacial score (nSPS) is 13.1. The highest BCUT2D eigenvalue weighted by atomic mass is 35.5. The Kier molecular flexibility index (Phi) is 6.46. The lowest BCUT2D eigenvalue weighted by atomic mass is 10.0. The van der Waals surface area contributed by atoms with E-state index in [0.29, 0.717) is 5.02 Å². The van der Waals surface area contributed by atoms with E-state index in [1.165, 1.54) is 11.2 Å². The smallest absolute Gasteiger partial charge is 0.336 e. The zero-order valence-electron chi connectivity index (χ0n) is 16.0. The molecule has 2 aromatic carbocycles. The number of hydrogen-bond acceptors (Lipinski definition) is 6. The Labute approximate surface area is 177 Å². The Bertz CT molecular complexity index is 1020. The second-order valence-corrected chi connectivity index (χ2v) is 7.37. The van der Waals surface area contributed by atoms with E-state index in [2.05, 4.69) is 20.8 Å². The number of amides is 1. The van der Waals surface area contributed by atoms with Gasteiger partial charge in [0.05, 0.1) is 12.7 Å². The number of benzene rings is 2. The molecule has 0 radical (unpaired) electrons. The van der Waals surface area contributed by atoms with Crippen molar-refractivity contribution in [3.8, 4) is 11.1 Å². The van der Waals surface area contributed by atoms with Gasteiger partial charge in [-0.3, -0.25) is 10.2 Å². The van der Waals surface area contributed by atoms with Crippen LogP contribution in [0.1, 0.15) is 23.0 Å². The summed E-state index contributed by atoms with van der Waals surface area (Å²) in [4.78, 5) is 23.6. The lowest BCUT2D eigenvalue weighted by Crippen LogP contribution is -2.52. The summed E-state index contributed by atoms with van der Waals surface area (Å²) < 4.78 is 0. The van der Waals surface area contributed by atoms with Crippen LogP contribution in [0.25, 0.3) is 11.1 Å². The summed E-state index contributed by atoms with van der Waals surface area (Å²) in [5.41, 5.74) is 3.23. The Morgan fingerprint density at radius 1 is 1.20 bits per heavy atom. The summed E-state index contributed by atoms with van der Waals surface area (Å²) in [6.45, 7) is 0.970. The van der Waals surface area contributed by atoms with Crippen LogP contribution in [-0.4, -0.2) is 54.7 Å². The van der Waals surface area contributed by atoms with Gasteiger partial charge >= 0.3 is 5.97 Å². The number of H-pyrrole nitrogens is 1. The third-order valence-corrected chi connectivity index (χ3v) is 4.59. The fourth-order valence-corrected chi connectivity index (χ4v) is 2.97. The minimum Gasteiger partial charge on any atom is -0.479 e. The van der Waals surface area contributed by atoms with Gasteiger partial charge in [0.1, 0.15) is 0 Å². The molecule has 0 bridgehead atoms. The van der Waals surface area contributed by atoms with Crippen LogP contribution in [0.15, 0.2) is 54.7 Å². The number of halogens is 1. The molecule has 1 amide bonds. The first-order valence-corrected chi connectivity index (χ1v) is 9.35. The standard InChI is InChI=1S/C20H20ClN5O4/c1-20(30,19(28)29)12-26(24-18(27)17-10-22-25-23-17)11-13-5-7-14(8-6-13)15-3-2-4-16(21)9-15/h2-10,30H,11-12H2,1H3,(H,24,27)(H,28,29)(H,22,23,25)/t20-/m1/s1. The van der Waals surface area contributed by atoms with Crippen LogP contribution >= 0.6 is 11.6 Å². The van der Waals surface area contributed by atoms with E-state index >= 15 is 0 Å². The molecule has 0 aliphatic carbocycles. The molecule has 10 heteroatoms. The second kappa shape index (κ2) is 9.04. The van der Waals surface area contributed by atoms with E-state index in [1.54, 1.807) is 6.07 Å². The summed E-state index contributed by atoms with van der Waals surface area (Å²) in [6, 6.07) is 14.9. The highest BCUT2D eigenvalue weighted by Gasteiger charge is 2.33. The van der Waals surface area contributed by atoms with Crippen LogP contribution in [0, 0.1) is 0 Å². The first-order valence-electron chi connectivity index (χ1n) is 8.97. The molecule has 0 fully saturated rings. The van der Waals surface area contributed by atoms with Crippen LogP contribution in [0.3, 0.4) is 0 Å². The van der Waals surface area contributed by atoms with E-state index < -0.39 is 17.5 Å². The first kappa shape index (κ1) is 21.4. The Morgan fingerprint density at radius 2 is 1.93 bits per heavy atom. The van der Waals surface area contributed by atoms with Crippen molar-refractivity contribution < 1.29 is 19.8 Å². The number of hydrazine groups is 1. The van der Waals surface area contributed by atoms with Gasteiger partial charge in [0.15, 0.2) is 11.3 Å². The number of aliphatic carboxylic acids is 1. The maximum atomic E-state index is 12.3. The molecule has 0 spiro atoms. The van der Waals surface area contributed by atoms with Crippen molar-refractivity contribution >= 4 is 23.5 Å². The van der Waals surface area contributed by atoms with Gasteiger partial charge in [-0.05, 0) is 35.7 Å². The molecule has 9 nitrogen and oxygen atoms in total. The average Bonchev–Trinajstić information content (AvgIpc) is 3.23. The van der Waals surface area contributed by atoms with Crippen LogP contribution in [0.4, 0.5) is 0 Å². The zero-order chi connectivity index (χ0) is 21.7. The van der Waals surface area contributed by atoms with E-state index in [-0.39, 0.29) is 18.8 Å². The van der Waals surface area contributed by atoms with Gasteiger partial charge in [0.25, 0.3) is 5.91 Å². The highest BCUT2D eigenvalue weighted by Crippen LogP contribution is 2.23. The molecule has 0 saturated heterocycles. The lowest BCUT2D eigenvalue weighted by molar-refractivity contribution is -0.159. The summed E-state index contributed by atoms with van der Waals surface area (Å²) in [6.07, 6.45) is 1.24. The Hall–Kier alpha value is -3.27. The number of aromatic nitrogens is 3. The topological polar surface area (TPSA) is 131 Å². The van der Waals surface area contributed by atoms with E-state index in [0.717, 1.165) is 23.6 Å². The lowest BCUT2D eigenvalue weighted by Gasteiger charge is -2.29. The van der Waals surface area contributed by atoms with Crippen molar-refractivity contribution in [3.63, 3.8) is 0 Å². The molecule has 1 heterocycles. The third kappa shape index (κ3) is 5.41. The number of aromatic amines is 1. The molecule has 1 aromatic heterocycles. The van der Waals surface area contributed by atoms with Crippen molar-refractivity contribution in [2.75, 3.05) is 6.54 Å². The summed E-state index contributed by atoms with van der Waals surface area (Å²) in [5.74, 6) is -1.99. The van der Waals surface area contributed by atoms with E-state index in [9.17, 15) is 19.8 Å². The van der Waals surface area contributed by atoms with Crippen LogP contribution in [0.5, 0.6) is 0 Å². The summed E-state index contributed by atoms with van der Waals surface area (Å²) in [5, 5.41) is 31.0. The first-order chi connectivity index (χ1) is 14.2. The number of carbonyl (C=O) groups is 2. The number of nitrogens with zero attached hydrogens (tertiary/aromatic N) is 3. The van der Waals surface area contributed by atoms with Crippen molar-refractivity contribution in [3.05, 3.63) is 71.0 Å². The van der Waals surface area contributed by atoms with Crippen LogP contribution in [0.2, 0.25) is 5.02 Å². The minimum absolute atomic E-state index is 0.0336. The maximum Gasteiger partial charge on any atom is 0.336 e. The van der Waals surface area contributed by atoms with E-state index in [4.69, 9.17) is 11.6 Å². The van der Waals surface area contributed by atoms with Crippen molar-refractivity contribution in [2.24, 2.45) is 0 Å². The van der Waals surface area contributed by atoms with Gasteiger partial charge in [-0.2, -0.15) is 15.4 Å². The number of aliphatic hydroxyl groups is 1. The van der Waals surface area contributed by atoms with Crippen LogP contribution < -0.4 is 5.43 Å². The quantitative estimate of drug-likeness (QED) is 0.403. The molecule has 0 aliphatic rings. The minimum atomic E-state index is -2.07. The van der Waals surface area contributed by atoms with Gasteiger partial charge < -0.3 is 10.2 Å². The Balaban J connectivity index is 1.77. The monoisotopic (exact) mass is 429 g/mol. The van der Waals surface area contributed by atoms with Crippen LogP contribution in [-0.2, 0) is 11.3 Å². The largest absolute Gasteiger partial charge is 0.479 e. The summed E-state index contributed by atoms with van der Waals surface area (Å²) >= 11 is 6.04. The number of hydrogen-bond donors (Lipinski definition) is 4. The van der Waals surface area contributed by atoms with Crippen molar-refractivity contribution in [1.29, 1.82) is 0 Å². The number of nitrogens with one attached hydrogen (secondary N) is 2. The molecule has 30 heavy (non-hydrogen) atoms. The molecule has 0 unspecified atom stereocenters. The third-order valence-electron chi connectivity index (χ3n) is 4.35. The molecule has 0 aliphatic heterocycles. The highest BCUT2D eigenvalue weighted by molar-refractivity contribution is 6.30. The molecule has 3 aromatic rings. The number of carboxylic acids is 1. The van der Waals surface area contributed by atoms with E-state index in [1.807, 2.05) is 42.5 Å². The molecule has 1 atom stereocenters. The van der Waals surface area contributed by atoms with Gasteiger partial charge in [0, 0.05) is 11.6 Å². The Morgan fingerprint density at radius 3 is 2.53 bits per heavy atom. The number of carbonyl (C=O) groups excluding carboxylic acids is 1. The SMILES string of the molecule is C[C@@](O)(CN(Cc1ccc(-c2cccc(Cl)c2)cc1)NC(=O)c1cn[nH]n1)C(=O)O. The number of carboxylic acid groups (broad SMARTS) is 1. The van der Waals surface area contributed by atoms with Gasteiger partial charge in [-0.25, -0.2) is 9.80 Å². The predicted octanol–water partition coefficient (Wildman–Crippen LogP) is 2.11. The van der Waals surface area contributed by atoms with Gasteiger partial charge in [0.2, 0.25) is 0 Å². The molecule has 3 rings (SSSR count). The molecule has 0 saturated carbocycles. The molecule has 156 valence electrons. The van der Waals surface area contributed by atoms with Crippen molar-refractivity contribution in [2.45, 2.75) is 19.1 Å². The maximum absolute atomic E-state index is 12.3. The fraction of sp³-hybridized carbons (Fsp3) is 0.200. The predicted molar refractivity (Wildman–Crippen MR) is 109 cm³/mol. The fourth-order valence-electron chi connectivity index (χ4n) is 2.78. The molecule has 4 N–H and O–H groups in total. The molecular formula is C20H20ClN5O4. The number of rotatable bonds is 8. The second-order valence-electron chi connectivity index (χ2n) is 6.94. The van der Waals surface area contributed by atoms with Gasteiger partial charge in [-0.15, -0.1) is 0 Å². The molecular weight excluding hydrogens is 410 g/mol. The van der Waals surface area contributed by atoms with Gasteiger partial charge in [-0.1, -0.05) is 48.0 Å². The van der Waals surface area contributed by atoms with Crippen molar-refractivity contribution in [1.82, 2.24) is 25.8 Å². The average molecular weight is 430 g/mol. The summed E-state index contributed by atoms with van der Waals surface area (Å²) in [7, 11) is 0. The zero-order valence-corrected chi connectivity index (χ0v) is 16.8.